The Labute approximate surface area is 445 Å². The number of anilines is 1. The number of halogens is 3. The zero-order chi connectivity index (χ0) is 57.5. The van der Waals surface area contributed by atoms with Gasteiger partial charge >= 0.3 is 0 Å². The number of hydrogen-bond acceptors (Lipinski definition) is 17. The molecule has 0 unspecified atom stereocenters. The minimum Gasteiger partial charge on any atom is -0.506 e. The van der Waals surface area contributed by atoms with E-state index in [2.05, 4.69) is 31.8 Å². The Hall–Kier alpha value is -7.58. The quantitative estimate of drug-likeness (QED) is 0.100. The van der Waals surface area contributed by atoms with E-state index >= 15 is 0 Å². The Bertz CT molecular complexity index is 3460. The summed E-state index contributed by atoms with van der Waals surface area (Å²) >= 11 is 0. The summed E-state index contributed by atoms with van der Waals surface area (Å²) in [5, 5.41) is 12.9. The summed E-state index contributed by atoms with van der Waals surface area (Å²) in [4.78, 5) is 41.8. The molecular formula is C51H60F3N11O9S3. The summed E-state index contributed by atoms with van der Waals surface area (Å²) in [5.74, 6) is -4.07. The molecule has 2 aromatic heterocycles. The van der Waals surface area contributed by atoms with Crippen LogP contribution in [-0.4, -0.2) is 115 Å². The number of pyridine rings is 2. The number of nitrogens with one attached hydrogen (secondary N) is 1. The second-order valence-electron chi connectivity index (χ2n) is 19.7. The number of guanidine groups is 2. The fourth-order valence-electron chi connectivity index (χ4n) is 8.85. The van der Waals surface area contributed by atoms with Gasteiger partial charge in [-0.05, 0) is 118 Å². The van der Waals surface area contributed by atoms with Crippen molar-refractivity contribution in [2.24, 2.45) is 21.5 Å². The molecule has 0 saturated carbocycles. The van der Waals surface area contributed by atoms with E-state index in [-0.39, 0.29) is 70.3 Å². The minimum atomic E-state index is -3.77. The first-order valence-corrected chi connectivity index (χ1v) is 28.2. The summed E-state index contributed by atoms with van der Waals surface area (Å²) < 4.78 is 120. The number of hydrogen-bond donors (Lipinski definition) is 5. The molecule has 0 aliphatic carbocycles. The maximum Gasteiger partial charge on any atom is 0.239 e. The third-order valence-electron chi connectivity index (χ3n) is 13.1. The lowest BCUT2D eigenvalue weighted by Gasteiger charge is -2.41. The van der Waals surface area contributed by atoms with Gasteiger partial charge in [0.15, 0.2) is 11.6 Å². The average Bonchev–Trinajstić information content (AvgIpc) is 3.32. The molecule has 1 saturated heterocycles. The van der Waals surface area contributed by atoms with Crippen LogP contribution in [0.2, 0.25) is 0 Å². The van der Waals surface area contributed by atoms with Crippen LogP contribution in [0.1, 0.15) is 86.3 Å². The Balaban J connectivity index is 0.000000192. The standard InChI is InChI=1S/C20H23FN4O3S.C19H21FN4O4S.C12H16FN3O2S/c1-12-7-13(2)18(23-10-12)17(26)9-14-5-6-16(21)15(8-14)20(3)11-29(27,28)25(4)19(22)24-20;1-11-6-15(25)17(22-9-11)16(26)8-12-4-5-14(20)13(7-12)19(2)10-29(27,28)24(3)18(21)23-19;1-8-15-12(2,7-19(17,18)16(8)3)10-6-9(14)4-5-11(10)13/h5-8,10H,9,11H2,1-4H3,(H2,22,24);4-7,9,25H,8,10H2,1-3H3,(H2,21,23);4-6,15H,1,7,14H2,2-3H3/t20-;19-;12-/m000/s1. The van der Waals surface area contributed by atoms with E-state index in [0.29, 0.717) is 28.1 Å². The normalized spacial score (nSPS) is 22.2. The monoisotopic (exact) mass is 1120 g/mol. The Kier molecular flexibility index (Phi) is 16.3. The van der Waals surface area contributed by atoms with E-state index in [1.54, 1.807) is 20.0 Å². The third-order valence-corrected chi connectivity index (χ3v) is 19.0. The summed E-state index contributed by atoms with van der Waals surface area (Å²) in [7, 11) is -7.06. The summed E-state index contributed by atoms with van der Waals surface area (Å²) in [6.45, 7) is 13.7. The van der Waals surface area contributed by atoms with E-state index in [4.69, 9.17) is 17.2 Å². The second kappa shape index (κ2) is 21.4. The van der Waals surface area contributed by atoms with Crippen LogP contribution < -0.4 is 22.5 Å². The number of sulfonamides is 3. The molecule has 0 radical (unpaired) electrons. The zero-order valence-electron chi connectivity index (χ0n) is 43.7. The van der Waals surface area contributed by atoms with Crippen molar-refractivity contribution in [3.05, 3.63) is 165 Å². The molecule has 3 aromatic carbocycles. The van der Waals surface area contributed by atoms with Gasteiger partial charge in [0.1, 0.15) is 51.5 Å². The molecule has 8 N–H and O–H groups in total. The fourth-order valence-corrected chi connectivity index (χ4v) is 13.3. The lowest BCUT2D eigenvalue weighted by molar-refractivity contribution is 0.0978. The first kappa shape index (κ1) is 58.7. The number of carbonyl (C=O) groups is 2. The highest BCUT2D eigenvalue weighted by atomic mass is 32.2. The highest BCUT2D eigenvalue weighted by Crippen LogP contribution is 2.37. The van der Waals surface area contributed by atoms with E-state index < -0.39 is 81.4 Å². The number of nitrogens with two attached hydrogens (primary N) is 3. The molecule has 0 amide bonds. The van der Waals surface area contributed by atoms with Crippen molar-refractivity contribution in [2.45, 2.75) is 71.0 Å². The Morgan fingerprint density at radius 3 is 1.48 bits per heavy atom. The molecule has 26 heteroatoms. The molecule has 3 aliphatic heterocycles. The summed E-state index contributed by atoms with van der Waals surface area (Å²) in [6.07, 6.45) is 2.94. The average molecular weight is 1120 g/mol. The molecule has 20 nitrogen and oxygen atoms in total. The van der Waals surface area contributed by atoms with Crippen LogP contribution in [0.15, 0.2) is 102 Å². The maximum absolute atomic E-state index is 14.6. The number of ketones is 2. The Morgan fingerprint density at radius 1 is 0.623 bits per heavy atom. The number of aromatic hydroxyl groups is 1. The van der Waals surface area contributed by atoms with Crippen molar-refractivity contribution in [2.75, 3.05) is 44.1 Å². The van der Waals surface area contributed by atoms with Gasteiger partial charge in [-0.2, -0.15) is 0 Å². The molecule has 0 bridgehead atoms. The zero-order valence-corrected chi connectivity index (χ0v) is 46.1. The van der Waals surface area contributed by atoms with Crippen LogP contribution in [0.5, 0.6) is 5.75 Å². The number of rotatable bonds is 9. The number of nitrogens with zero attached hydrogens (tertiary/aromatic N) is 7. The number of aliphatic imine (C=N–C) groups is 2. The topological polar surface area (TPSA) is 307 Å². The van der Waals surface area contributed by atoms with Gasteiger partial charge in [0.2, 0.25) is 42.0 Å². The van der Waals surface area contributed by atoms with Crippen molar-refractivity contribution in [1.82, 2.24) is 28.2 Å². The third kappa shape index (κ3) is 12.7. The molecule has 5 aromatic rings. The lowest BCUT2D eigenvalue weighted by Crippen LogP contribution is -2.56. The smallest absolute Gasteiger partial charge is 0.239 e. The first-order chi connectivity index (χ1) is 35.5. The predicted molar refractivity (Wildman–Crippen MR) is 286 cm³/mol. The van der Waals surface area contributed by atoms with Crippen LogP contribution in [0, 0.1) is 38.2 Å². The van der Waals surface area contributed by atoms with Gasteiger partial charge in [0, 0.05) is 68.8 Å². The number of aromatic nitrogens is 2. The van der Waals surface area contributed by atoms with E-state index in [1.165, 1.54) is 95.8 Å². The van der Waals surface area contributed by atoms with Crippen LogP contribution >= 0.6 is 0 Å². The van der Waals surface area contributed by atoms with Gasteiger partial charge in [-0.3, -0.25) is 18.9 Å². The number of benzene rings is 3. The molecule has 3 aliphatic rings. The van der Waals surface area contributed by atoms with Crippen LogP contribution in [0.3, 0.4) is 0 Å². The van der Waals surface area contributed by atoms with Crippen LogP contribution in [0.4, 0.5) is 18.9 Å². The fraction of sp³-hybridized carbons (Fsp3) is 0.333. The highest BCUT2D eigenvalue weighted by Gasteiger charge is 2.44. The van der Waals surface area contributed by atoms with E-state index in [9.17, 15) is 53.1 Å². The van der Waals surface area contributed by atoms with Gasteiger partial charge in [0.05, 0.1) is 22.8 Å². The van der Waals surface area contributed by atoms with Gasteiger partial charge in [-0.15, -0.1) is 0 Å². The molecule has 0 spiro atoms. The first-order valence-electron chi connectivity index (χ1n) is 23.4. The molecular weight excluding hydrogens is 1060 g/mol. The molecule has 77 heavy (non-hydrogen) atoms. The summed E-state index contributed by atoms with van der Waals surface area (Å²) in [5.41, 5.74) is 17.5. The second-order valence-corrected chi connectivity index (χ2v) is 25.7. The molecule has 412 valence electrons. The van der Waals surface area contributed by atoms with Crippen molar-refractivity contribution in [3.8, 4) is 5.75 Å². The molecule has 3 atom stereocenters. The highest BCUT2D eigenvalue weighted by molar-refractivity contribution is 7.90. The largest absolute Gasteiger partial charge is 0.506 e. The summed E-state index contributed by atoms with van der Waals surface area (Å²) in [6, 6.07) is 15.6. The number of aryl methyl sites for hydroxylation is 3. The number of carbonyl (C=O) groups excluding carboxylic acids is 2. The number of nitrogen functional groups attached to an aromatic ring is 1. The van der Waals surface area contributed by atoms with E-state index in [1.807, 2.05) is 19.9 Å². The van der Waals surface area contributed by atoms with Crippen molar-refractivity contribution >= 4 is 59.2 Å². The Morgan fingerprint density at radius 2 is 1.04 bits per heavy atom. The van der Waals surface area contributed by atoms with Gasteiger partial charge in [0.25, 0.3) is 0 Å². The predicted octanol–water partition coefficient (Wildman–Crippen LogP) is 4.49. The molecule has 5 heterocycles. The molecule has 1 fully saturated rings. The van der Waals surface area contributed by atoms with E-state index in [0.717, 1.165) is 30.1 Å². The van der Waals surface area contributed by atoms with Crippen molar-refractivity contribution in [3.63, 3.8) is 0 Å². The van der Waals surface area contributed by atoms with Gasteiger partial charge in [-0.1, -0.05) is 24.8 Å². The lowest BCUT2D eigenvalue weighted by atomic mass is 9.91. The van der Waals surface area contributed by atoms with Crippen molar-refractivity contribution < 1.29 is 53.1 Å². The molecule has 8 rings (SSSR count). The number of Topliss-reactive ketones (excluding diaryl/α,β-unsaturated/α-hetero) is 2. The van der Waals surface area contributed by atoms with Crippen molar-refractivity contribution in [1.29, 1.82) is 0 Å². The van der Waals surface area contributed by atoms with Gasteiger partial charge < -0.3 is 27.6 Å². The SMILES string of the molecule is C=C1N[C@](C)(c2cc(N)ccc2F)CS(=O)(=O)N1C.Cc1cnc(C(=O)Cc2ccc(F)c([C@]3(C)CS(=O)(=O)N(C)C(N)=N3)c2)c(C)c1.Cc1cnc(C(=O)Cc2ccc(F)c([C@]3(C)CS(=O)(=O)N(C)C(N)=N3)c2)c(O)c1. The van der Waals surface area contributed by atoms with Gasteiger partial charge in [-0.25, -0.2) is 62.0 Å². The maximum atomic E-state index is 14.6. The van der Waals surface area contributed by atoms with Crippen LogP contribution in [-0.2, 0) is 59.5 Å². The van der Waals surface area contributed by atoms with Crippen LogP contribution in [0.25, 0.3) is 0 Å². The minimum absolute atomic E-state index is 0.00606.